The molecule has 0 aliphatic heterocycles. The maximum Gasteiger partial charge on any atom is 0.224 e. The Morgan fingerprint density at radius 3 is 2.36 bits per heavy atom. The summed E-state index contributed by atoms with van der Waals surface area (Å²) in [6.07, 6.45) is 1.59. The maximum atomic E-state index is 13.1. The van der Waals surface area contributed by atoms with Crippen molar-refractivity contribution in [1.82, 2.24) is 5.32 Å². The first kappa shape index (κ1) is 19.7. The second-order valence-electron chi connectivity index (χ2n) is 6.19. The quantitative estimate of drug-likeness (QED) is 0.629. The molecular weight excluding hydrogens is 378 g/mol. The second-order valence-corrected chi connectivity index (χ2v) is 8.32. The maximum absolute atomic E-state index is 13.1. The number of carbonyl (C=O) groups is 1. The van der Waals surface area contributed by atoms with E-state index in [4.69, 9.17) is 9.15 Å². The topological polar surface area (TPSA) is 85.6 Å². The van der Waals surface area contributed by atoms with Gasteiger partial charge < -0.3 is 14.5 Å². The summed E-state index contributed by atoms with van der Waals surface area (Å²) in [7, 11) is -2.27. The van der Waals surface area contributed by atoms with Crippen molar-refractivity contribution < 1.29 is 22.4 Å². The Hall–Kier alpha value is -3.06. The standard InChI is InChI=1S/C21H21NO5S/c1-26-17-9-11-18(12-10-17)28(24,25)20(19-8-5-13-27-19)15-22-21(23)14-16-6-3-2-4-7-16/h2-13,20H,14-15H2,1H3,(H,22,23). The predicted octanol–water partition coefficient (Wildman–Crippen LogP) is 3.16. The summed E-state index contributed by atoms with van der Waals surface area (Å²) < 4.78 is 36.7. The molecule has 1 unspecified atom stereocenters. The van der Waals surface area contributed by atoms with Crippen LogP contribution in [0.2, 0.25) is 0 Å². The summed E-state index contributed by atoms with van der Waals surface area (Å²) in [5.74, 6) is 0.577. The Morgan fingerprint density at radius 2 is 1.75 bits per heavy atom. The number of nitrogens with one attached hydrogen (secondary N) is 1. The monoisotopic (exact) mass is 399 g/mol. The van der Waals surface area contributed by atoms with Crippen LogP contribution in [0, 0.1) is 0 Å². The van der Waals surface area contributed by atoms with Gasteiger partial charge in [0.1, 0.15) is 16.8 Å². The number of methoxy groups -OCH3 is 1. The van der Waals surface area contributed by atoms with E-state index in [1.54, 1.807) is 24.3 Å². The summed E-state index contributed by atoms with van der Waals surface area (Å²) in [5, 5.41) is 1.68. The van der Waals surface area contributed by atoms with E-state index in [0.29, 0.717) is 5.75 Å². The number of hydrogen-bond acceptors (Lipinski definition) is 5. The number of furan rings is 1. The van der Waals surface area contributed by atoms with Gasteiger partial charge in [0, 0.05) is 6.54 Å². The van der Waals surface area contributed by atoms with Crippen molar-refractivity contribution in [3.8, 4) is 5.75 Å². The predicted molar refractivity (Wildman–Crippen MR) is 105 cm³/mol. The van der Waals surface area contributed by atoms with Crippen molar-refractivity contribution in [1.29, 1.82) is 0 Å². The van der Waals surface area contributed by atoms with Crippen LogP contribution in [0.3, 0.4) is 0 Å². The SMILES string of the molecule is COc1ccc(S(=O)(=O)C(CNC(=O)Cc2ccccc2)c2ccco2)cc1. The molecule has 3 aromatic rings. The van der Waals surface area contributed by atoms with Crippen molar-refractivity contribution in [3.63, 3.8) is 0 Å². The fourth-order valence-electron chi connectivity index (χ4n) is 2.82. The first-order valence-corrected chi connectivity index (χ1v) is 10.3. The van der Waals surface area contributed by atoms with Gasteiger partial charge >= 0.3 is 0 Å². The third kappa shape index (κ3) is 4.61. The number of amides is 1. The highest BCUT2D eigenvalue weighted by Gasteiger charge is 2.31. The lowest BCUT2D eigenvalue weighted by atomic mass is 10.1. The lowest BCUT2D eigenvalue weighted by Gasteiger charge is -2.17. The summed E-state index contributed by atoms with van der Waals surface area (Å²) in [4.78, 5) is 12.4. The number of ether oxygens (including phenoxy) is 1. The molecule has 0 saturated heterocycles. The molecule has 1 atom stereocenters. The highest BCUT2D eigenvalue weighted by Crippen LogP contribution is 2.30. The van der Waals surface area contributed by atoms with Crippen molar-refractivity contribution in [2.45, 2.75) is 16.6 Å². The number of sulfone groups is 1. The van der Waals surface area contributed by atoms with Gasteiger partial charge in [0.2, 0.25) is 5.91 Å². The van der Waals surface area contributed by atoms with E-state index in [9.17, 15) is 13.2 Å². The number of carbonyl (C=O) groups excluding carboxylic acids is 1. The van der Waals surface area contributed by atoms with Crippen LogP contribution in [0.15, 0.2) is 82.3 Å². The normalized spacial score (nSPS) is 12.3. The molecule has 28 heavy (non-hydrogen) atoms. The van der Waals surface area contributed by atoms with Gasteiger partial charge in [-0.1, -0.05) is 30.3 Å². The highest BCUT2D eigenvalue weighted by atomic mass is 32.2. The Labute approximate surface area is 164 Å². The number of rotatable bonds is 8. The zero-order chi connectivity index (χ0) is 20.0. The summed E-state index contributed by atoms with van der Waals surface area (Å²) in [6.45, 7) is -0.0897. The molecule has 0 saturated carbocycles. The van der Waals surface area contributed by atoms with Gasteiger partial charge in [0.15, 0.2) is 9.84 Å². The first-order valence-electron chi connectivity index (χ1n) is 8.72. The lowest BCUT2D eigenvalue weighted by Crippen LogP contribution is -2.32. The molecule has 1 N–H and O–H groups in total. The molecule has 0 fully saturated rings. The molecule has 1 aromatic heterocycles. The van der Waals surface area contributed by atoms with Crippen LogP contribution in [0.25, 0.3) is 0 Å². The van der Waals surface area contributed by atoms with Crippen LogP contribution in [-0.2, 0) is 21.1 Å². The Bertz CT molecular complexity index is 997. The second kappa shape index (κ2) is 8.75. The molecule has 1 amide bonds. The Balaban J connectivity index is 1.78. The van der Waals surface area contributed by atoms with E-state index in [2.05, 4.69) is 5.32 Å². The lowest BCUT2D eigenvalue weighted by molar-refractivity contribution is -0.120. The molecule has 146 valence electrons. The average molecular weight is 399 g/mol. The molecule has 6 nitrogen and oxygen atoms in total. The van der Waals surface area contributed by atoms with Crippen molar-refractivity contribution in [2.24, 2.45) is 0 Å². The zero-order valence-electron chi connectivity index (χ0n) is 15.4. The van der Waals surface area contributed by atoms with E-state index in [1.807, 2.05) is 30.3 Å². The zero-order valence-corrected chi connectivity index (χ0v) is 16.2. The van der Waals surface area contributed by atoms with Gasteiger partial charge in [-0.3, -0.25) is 4.79 Å². The van der Waals surface area contributed by atoms with Crippen molar-refractivity contribution >= 4 is 15.7 Å². The van der Waals surface area contributed by atoms with Gasteiger partial charge in [0.05, 0.1) is 24.7 Å². The summed E-state index contributed by atoms with van der Waals surface area (Å²) in [5.41, 5.74) is 0.854. The molecule has 0 aliphatic rings. The van der Waals surface area contributed by atoms with E-state index < -0.39 is 15.1 Å². The smallest absolute Gasteiger partial charge is 0.224 e. The summed E-state index contributed by atoms with van der Waals surface area (Å²) in [6, 6.07) is 18.6. The Morgan fingerprint density at radius 1 is 1.04 bits per heavy atom. The molecule has 1 heterocycles. The first-order chi connectivity index (χ1) is 13.5. The van der Waals surface area contributed by atoms with Crippen LogP contribution in [0.4, 0.5) is 0 Å². The highest BCUT2D eigenvalue weighted by molar-refractivity contribution is 7.91. The molecule has 3 rings (SSSR count). The van der Waals surface area contributed by atoms with Gasteiger partial charge in [0.25, 0.3) is 0 Å². The fourth-order valence-corrected chi connectivity index (χ4v) is 4.40. The van der Waals surface area contributed by atoms with Crippen molar-refractivity contribution in [2.75, 3.05) is 13.7 Å². The summed E-state index contributed by atoms with van der Waals surface area (Å²) >= 11 is 0. The molecule has 0 bridgehead atoms. The fraction of sp³-hybridized carbons (Fsp3) is 0.190. The van der Waals surface area contributed by atoms with Crippen LogP contribution in [0.5, 0.6) is 5.75 Å². The van der Waals surface area contributed by atoms with E-state index in [0.717, 1.165) is 5.56 Å². The minimum Gasteiger partial charge on any atom is -0.497 e. The third-order valence-electron chi connectivity index (χ3n) is 4.32. The molecule has 2 aromatic carbocycles. The number of hydrogen-bond donors (Lipinski definition) is 1. The molecule has 0 spiro atoms. The molecule has 0 radical (unpaired) electrons. The minimum absolute atomic E-state index is 0.0897. The van der Waals surface area contributed by atoms with Crippen molar-refractivity contribution in [3.05, 3.63) is 84.3 Å². The van der Waals surface area contributed by atoms with Crippen LogP contribution in [-0.4, -0.2) is 28.0 Å². The third-order valence-corrected chi connectivity index (χ3v) is 6.39. The molecular formula is C21H21NO5S. The van der Waals surface area contributed by atoms with Crippen LogP contribution in [0.1, 0.15) is 16.6 Å². The van der Waals surface area contributed by atoms with E-state index in [-0.39, 0.29) is 29.5 Å². The van der Waals surface area contributed by atoms with Gasteiger partial charge in [-0.15, -0.1) is 0 Å². The minimum atomic E-state index is -3.78. The van der Waals surface area contributed by atoms with Gasteiger partial charge in [-0.05, 0) is 42.0 Å². The van der Waals surface area contributed by atoms with Crippen LogP contribution < -0.4 is 10.1 Å². The van der Waals surface area contributed by atoms with Gasteiger partial charge in [-0.2, -0.15) is 0 Å². The van der Waals surface area contributed by atoms with Gasteiger partial charge in [-0.25, -0.2) is 8.42 Å². The molecule has 0 aliphatic carbocycles. The molecule has 7 heteroatoms. The Kier molecular flexibility index (Phi) is 6.16. The van der Waals surface area contributed by atoms with E-state index in [1.165, 1.54) is 25.5 Å². The largest absolute Gasteiger partial charge is 0.497 e. The van der Waals surface area contributed by atoms with E-state index >= 15 is 0 Å². The number of benzene rings is 2. The average Bonchev–Trinajstić information content (AvgIpc) is 3.23. The van der Waals surface area contributed by atoms with Crippen LogP contribution >= 0.6 is 0 Å².